The molecule has 2 saturated carbocycles. The number of carbonyl (C=O) groups excluding carboxylic acids is 1. The standard InChI is InChI=1S/C14H26N2O2/c1-10-7-11(10)8-16(3)9-14(2,13(17)18-4)15-12-5-6-12/h10-12,15H,5-9H2,1-4H3. The van der Waals surface area contributed by atoms with Gasteiger partial charge < -0.3 is 9.64 Å². The zero-order valence-corrected chi connectivity index (χ0v) is 12.0. The first-order valence-electron chi connectivity index (χ1n) is 6.99. The highest BCUT2D eigenvalue weighted by Gasteiger charge is 2.41. The van der Waals surface area contributed by atoms with Gasteiger partial charge in [-0.3, -0.25) is 10.1 Å². The minimum absolute atomic E-state index is 0.148. The second kappa shape index (κ2) is 5.17. The van der Waals surface area contributed by atoms with Crippen molar-refractivity contribution in [2.24, 2.45) is 11.8 Å². The molecule has 2 rings (SSSR count). The molecule has 0 aromatic heterocycles. The number of rotatable bonds is 7. The first kappa shape index (κ1) is 13.8. The van der Waals surface area contributed by atoms with Gasteiger partial charge in [-0.1, -0.05) is 6.92 Å². The zero-order chi connectivity index (χ0) is 13.3. The van der Waals surface area contributed by atoms with E-state index in [0.717, 1.165) is 24.9 Å². The average Bonchev–Trinajstić information content (AvgIpc) is 3.19. The Balaban J connectivity index is 1.88. The molecule has 0 aromatic carbocycles. The molecule has 3 atom stereocenters. The van der Waals surface area contributed by atoms with Crippen molar-refractivity contribution in [3.05, 3.63) is 0 Å². The Morgan fingerprint density at radius 3 is 2.56 bits per heavy atom. The molecule has 1 N–H and O–H groups in total. The molecule has 4 heteroatoms. The SMILES string of the molecule is COC(=O)C(C)(CN(C)CC1CC1C)NC1CC1. The van der Waals surface area contributed by atoms with Gasteiger partial charge in [0.1, 0.15) is 5.54 Å². The van der Waals surface area contributed by atoms with Crippen LogP contribution in [-0.2, 0) is 9.53 Å². The van der Waals surface area contributed by atoms with E-state index in [9.17, 15) is 4.79 Å². The molecule has 0 saturated heterocycles. The second-order valence-electron chi connectivity index (χ2n) is 6.41. The number of methoxy groups -OCH3 is 1. The maximum Gasteiger partial charge on any atom is 0.327 e. The van der Waals surface area contributed by atoms with Crippen molar-refractivity contribution in [3.63, 3.8) is 0 Å². The minimum Gasteiger partial charge on any atom is -0.468 e. The molecular formula is C14H26N2O2. The van der Waals surface area contributed by atoms with E-state index in [1.807, 2.05) is 6.92 Å². The van der Waals surface area contributed by atoms with Crippen LogP contribution >= 0.6 is 0 Å². The number of nitrogens with one attached hydrogen (secondary N) is 1. The largest absolute Gasteiger partial charge is 0.468 e. The van der Waals surface area contributed by atoms with Gasteiger partial charge in [0.05, 0.1) is 7.11 Å². The Morgan fingerprint density at radius 1 is 1.50 bits per heavy atom. The van der Waals surface area contributed by atoms with E-state index >= 15 is 0 Å². The minimum atomic E-state index is -0.567. The van der Waals surface area contributed by atoms with Crippen molar-refractivity contribution in [2.45, 2.75) is 44.7 Å². The number of esters is 1. The van der Waals surface area contributed by atoms with Crippen molar-refractivity contribution in [2.75, 3.05) is 27.2 Å². The lowest BCUT2D eigenvalue weighted by Crippen LogP contribution is -2.57. The van der Waals surface area contributed by atoms with Gasteiger partial charge in [-0.25, -0.2) is 0 Å². The summed E-state index contributed by atoms with van der Waals surface area (Å²) in [6, 6.07) is 0.502. The summed E-state index contributed by atoms with van der Waals surface area (Å²) in [5.41, 5.74) is -0.567. The Labute approximate surface area is 110 Å². The van der Waals surface area contributed by atoms with E-state index in [-0.39, 0.29) is 5.97 Å². The number of likely N-dealkylation sites (N-methyl/N-ethyl adjacent to an activating group) is 1. The van der Waals surface area contributed by atoms with Gasteiger partial charge in [0, 0.05) is 19.1 Å². The molecule has 0 bridgehead atoms. The number of ether oxygens (including phenoxy) is 1. The van der Waals surface area contributed by atoms with Crippen molar-refractivity contribution in [1.82, 2.24) is 10.2 Å². The van der Waals surface area contributed by atoms with E-state index in [4.69, 9.17) is 4.74 Å². The number of hydrogen-bond acceptors (Lipinski definition) is 4. The fraction of sp³-hybridized carbons (Fsp3) is 0.929. The third-order valence-corrected chi connectivity index (χ3v) is 4.14. The van der Waals surface area contributed by atoms with Crippen LogP contribution in [0.5, 0.6) is 0 Å². The fourth-order valence-electron chi connectivity index (χ4n) is 2.73. The predicted molar refractivity (Wildman–Crippen MR) is 71.3 cm³/mol. The van der Waals surface area contributed by atoms with Crippen molar-refractivity contribution in [3.8, 4) is 0 Å². The Bertz CT molecular complexity index is 317. The van der Waals surface area contributed by atoms with Crippen LogP contribution in [0.4, 0.5) is 0 Å². The zero-order valence-electron chi connectivity index (χ0n) is 12.0. The average molecular weight is 254 g/mol. The highest BCUT2D eigenvalue weighted by Crippen LogP contribution is 2.38. The van der Waals surface area contributed by atoms with Crippen LogP contribution in [0.15, 0.2) is 0 Å². The van der Waals surface area contributed by atoms with Crippen molar-refractivity contribution in [1.29, 1.82) is 0 Å². The van der Waals surface area contributed by atoms with Crippen LogP contribution in [0, 0.1) is 11.8 Å². The summed E-state index contributed by atoms with van der Waals surface area (Å²) in [5, 5.41) is 3.44. The Hall–Kier alpha value is -0.610. The molecule has 0 heterocycles. The van der Waals surface area contributed by atoms with E-state index in [2.05, 4.69) is 24.2 Å². The lowest BCUT2D eigenvalue weighted by molar-refractivity contribution is -0.148. The lowest BCUT2D eigenvalue weighted by Gasteiger charge is -2.32. The maximum absolute atomic E-state index is 12.0. The van der Waals surface area contributed by atoms with Crippen LogP contribution in [0.2, 0.25) is 0 Å². The summed E-state index contributed by atoms with van der Waals surface area (Å²) in [7, 11) is 3.57. The van der Waals surface area contributed by atoms with Crippen LogP contribution < -0.4 is 5.32 Å². The summed E-state index contributed by atoms with van der Waals surface area (Å²) < 4.78 is 4.96. The van der Waals surface area contributed by atoms with Gasteiger partial charge in [0.15, 0.2) is 0 Å². The molecule has 0 spiro atoms. The lowest BCUT2D eigenvalue weighted by atomic mass is 10.0. The van der Waals surface area contributed by atoms with Gasteiger partial charge in [-0.15, -0.1) is 0 Å². The maximum atomic E-state index is 12.0. The topological polar surface area (TPSA) is 41.6 Å². The molecular weight excluding hydrogens is 228 g/mol. The van der Waals surface area contributed by atoms with Crippen LogP contribution in [-0.4, -0.2) is 49.7 Å². The Morgan fingerprint density at radius 2 is 2.11 bits per heavy atom. The van der Waals surface area contributed by atoms with Crippen LogP contribution in [0.3, 0.4) is 0 Å². The summed E-state index contributed by atoms with van der Waals surface area (Å²) in [6.07, 6.45) is 3.68. The van der Waals surface area contributed by atoms with Gasteiger partial charge in [-0.2, -0.15) is 0 Å². The van der Waals surface area contributed by atoms with E-state index in [1.165, 1.54) is 26.4 Å². The molecule has 2 fully saturated rings. The first-order chi connectivity index (χ1) is 8.44. The van der Waals surface area contributed by atoms with Crippen molar-refractivity contribution >= 4 is 5.97 Å². The molecule has 104 valence electrons. The highest BCUT2D eigenvalue weighted by molar-refractivity contribution is 5.80. The Kier molecular flexibility index (Phi) is 3.97. The van der Waals surface area contributed by atoms with Crippen LogP contribution in [0.1, 0.15) is 33.1 Å². The number of hydrogen-bond donors (Lipinski definition) is 1. The number of nitrogens with zero attached hydrogens (tertiary/aromatic N) is 1. The molecule has 0 radical (unpaired) electrons. The molecule has 4 nitrogen and oxygen atoms in total. The van der Waals surface area contributed by atoms with E-state index in [1.54, 1.807) is 0 Å². The molecule has 0 aliphatic heterocycles. The fourth-order valence-corrected chi connectivity index (χ4v) is 2.73. The van der Waals surface area contributed by atoms with Gasteiger partial charge in [0.25, 0.3) is 0 Å². The van der Waals surface area contributed by atoms with Gasteiger partial charge in [0.2, 0.25) is 0 Å². The third-order valence-electron chi connectivity index (χ3n) is 4.14. The smallest absolute Gasteiger partial charge is 0.327 e. The predicted octanol–water partition coefficient (Wildman–Crippen LogP) is 1.26. The molecule has 2 aliphatic rings. The van der Waals surface area contributed by atoms with Crippen LogP contribution in [0.25, 0.3) is 0 Å². The molecule has 0 aromatic rings. The first-order valence-corrected chi connectivity index (χ1v) is 6.99. The van der Waals surface area contributed by atoms with Gasteiger partial charge >= 0.3 is 5.97 Å². The highest BCUT2D eigenvalue weighted by atomic mass is 16.5. The summed E-state index contributed by atoms with van der Waals surface area (Å²) >= 11 is 0. The number of carbonyl (C=O) groups is 1. The van der Waals surface area contributed by atoms with E-state index in [0.29, 0.717) is 6.04 Å². The monoisotopic (exact) mass is 254 g/mol. The third kappa shape index (κ3) is 3.45. The molecule has 3 unspecified atom stereocenters. The quantitative estimate of drug-likeness (QED) is 0.695. The molecule has 18 heavy (non-hydrogen) atoms. The van der Waals surface area contributed by atoms with Crippen molar-refractivity contribution < 1.29 is 9.53 Å². The second-order valence-corrected chi connectivity index (χ2v) is 6.41. The van der Waals surface area contributed by atoms with E-state index < -0.39 is 5.54 Å². The molecule has 0 amide bonds. The summed E-state index contributed by atoms with van der Waals surface area (Å²) in [6.45, 7) is 6.06. The normalized spacial score (nSPS) is 30.1. The summed E-state index contributed by atoms with van der Waals surface area (Å²) in [5.74, 6) is 1.52. The molecule has 2 aliphatic carbocycles. The van der Waals surface area contributed by atoms with Gasteiger partial charge in [-0.05, 0) is 45.1 Å². The summed E-state index contributed by atoms with van der Waals surface area (Å²) in [4.78, 5) is 14.3.